The predicted molar refractivity (Wildman–Crippen MR) is 88.0 cm³/mol. The molecule has 10 heteroatoms. The van der Waals surface area contributed by atoms with Gasteiger partial charge in [0.15, 0.2) is 0 Å². The second kappa shape index (κ2) is 5.95. The molecule has 1 aliphatic rings. The van der Waals surface area contributed by atoms with Gasteiger partial charge in [-0.1, -0.05) is 11.3 Å². The molecule has 1 saturated heterocycles. The third kappa shape index (κ3) is 3.09. The Kier molecular flexibility index (Phi) is 4.13. The molecule has 0 unspecified atom stereocenters. The summed E-state index contributed by atoms with van der Waals surface area (Å²) in [6.45, 7) is 3.22. The topological polar surface area (TPSA) is 113 Å². The summed E-state index contributed by atoms with van der Waals surface area (Å²) in [5, 5.41) is 16.7. The van der Waals surface area contributed by atoms with Gasteiger partial charge >= 0.3 is 0 Å². The van der Waals surface area contributed by atoms with Crippen LogP contribution in [0.15, 0.2) is 28.6 Å². The number of anilines is 2. The summed E-state index contributed by atoms with van der Waals surface area (Å²) in [4.78, 5) is 2.11. The molecule has 1 aliphatic heterocycles. The first kappa shape index (κ1) is 16.0. The summed E-state index contributed by atoms with van der Waals surface area (Å²) in [6.07, 6.45) is 0. The van der Waals surface area contributed by atoms with Crippen molar-refractivity contribution in [1.82, 2.24) is 14.5 Å². The number of hydrogen-bond acceptors (Lipinski definition) is 8. The molecular formula is C13H17N5O3S2. The van der Waals surface area contributed by atoms with Crippen molar-refractivity contribution in [1.29, 1.82) is 0 Å². The number of nitrogens with zero attached hydrogens (tertiary/aromatic N) is 4. The Morgan fingerprint density at radius 1 is 1.26 bits per heavy atom. The van der Waals surface area contributed by atoms with E-state index in [9.17, 15) is 13.5 Å². The first-order chi connectivity index (χ1) is 10.9. The Morgan fingerprint density at radius 2 is 1.96 bits per heavy atom. The molecule has 3 N–H and O–H groups in total. The molecule has 0 bridgehead atoms. The van der Waals surface area contributed by atoms with Crippen LogP contribution in [0.4, 0.5) is 10.8 Å². The van der Waals surface area contributed by atoms with Crippen LogP contribution in [-0.2, 0) is 10.0 Å². The quantitative estimate of drug-likeness (QED) is 0.834. The molecule has 1 atom stereocenters. The average molecular weight is 355 g/mol. The van der Waals surface area contributed by atoms with E-state index in [1.165, 1.54) is 4.31 Å². The SMILES string of the molecule is C[C@H]1CN(S(=O)(=O)c2nnc(N)s2)CCN1c1ccc(O)cc1. The minimum absolute atomic E-state index is 0.00617. The lowest BCUT2D eigenvalue weighted by Crippen LogP contribution is -2.53. The molecule has 1 aromatic carbocycles. The number of nitrogens with two attached hydrogens (primary N) is 1. The summed E-state index contributed by atoms with van der Waals surface area (Å²) >= 11 is 0.873. The lowest BCUT2D eigenvalue weighted by Gasteiger charge is -2.40. The number of hydrogen-bond donors (Lipinski definition) is 2. The van der Waals surface area contributed by atoms with Gasteiger partial charge in [-0.25, -0.2) is 8.42 Å². The third-order valence-electron chi connectivity index (χ3n) is 3.75. The summed E-state index contributed by atoms with van der Waals surface area (Å²) in [7, 11) is -3.65. The molecule has 0 aliphatic carbocycles. The Hall–Kier alpha value is -1.91. The smallest absolute Gasteiger partial charge is 0.272 e. The fourth-order valence-electron chi connectivity index (χ4n) is 2.61. The van der Waals surface area contributed by atoms with E-state index in [1.54, 1.807) is 12.1 Å². The molecular weight excluding hydrogens is 338 g/mol. The van der Waals surface area contributed by atoms with Crippen molar-refractivity contribution >= 4 is 32.2 Å². The van der Waals surface area contributed by atoms with Gasteiger partial charge in [0.05, 0.1) is 0 Å². The minimum atomic E-state index is -3.65. The van der Waals surface area contributed by atoms with E-state index in [1.807, 2.05) is 19.1 Å². The number of nitrogen functional groups attached to an aromatic ring is 1. The van der Waals surface area contributed by atoms with E-state index in [0.717, 1.165) is 17.0 Å². The number of aromatic nitrogens is 2. The number of benzene rings is 1. The Balaban J connectivity index is 1.77. The van der Waals surface area contributed by atoms with Gasteiger partial charge in [0, 0.05) is 31.4 Å². The van der Waals surface area contributed by atoms with Crippen molar-refractivity contribution in [3.63, 3.8) is 0 Å². The summed E-state index contributed by atoms with van der Waals surface area (Å²) in [6, 6.07) is 6.88. The summed E-state index contributed by atoms with van der Waals surface area (Å²) in [5.74, 6) is 0.205. The Morgan fingerprint density at radius 3 is 2.52 bits per heavy atom. The van der Waals surface area contributed by atoms with Crippen LogP contribution in [0, 0.1) is 0 Å². The van der Waals surface area contributed by atoms with Gasteiger partial charge in [-0.3, -0.25) is 0 Å². The number of piperazine rings is 1. The summed E-state index contributed by atoms with van der Waals surface area (Å²) in [5.41, 5.74) is 6.43. The molecule has 0 saturated carbocycles. The molecule has 3 rings (SSSR count). The molecule has 2 aromatic rings. The second-order valence-corrected chi connectivity index (χ2v) is 8.45. The van der Waals surface area contributed by atoms with Crippen LogP contribution in [0.5, 0.6) is 5.75 Å². The van der Waals surface area contributed by atoms with Crippen LogP contribution in [0.3, 0.4) is 0 Å². The van der Waals surface area contributed by atoms with Crippen LogP contribution < -0.4 is 10.6 Å². The van der Waals surface area contributed by atoms with Crippen molar-refractivity contribution in [2.24, 2.45) is 0 Å². The average Bonchev–Trinajstić information content (AvgIpc) is 2.95. The second-order valence-electron chi connectivity index (χ2n) is 5.33. The number of sulfonamides is 1. The van der Waals surface area contributed by atoms with Gasteiger partial charge in [0.2, 0.25) is 9.47 Å². The first-order valence-corrected chi connectivity index (χ1v) is 9.28. The fourth-order valence-corrected chi connectivity index (χ4v) is 5.04. The molecule has 124 valence electrons. The zero-order chi connectivity index (χ0) is 16.6. The van der Waals surface area contributed by atoms with Gasteiger partial charge in [-0.2, -0.15) is 4.31 Å². The van der Waals surface area contributed by atoms with Crippen LogP contribution in [0.25, 0.3) is 0 Å². The standard InChI is InChI=1S/C13H17N5O3S2/c1-9-8-17(23(20,21)13-16-15-12(14)22-13)6-7-18(9)10-2-4-11(19)5-3-10/h2-5,9,19H,6-8H2,1H3,(H2,14,15)/t9-/m0/s1. The molecule has 0 radical (unpaired) electrons. The van der Waals surface area contributed by atoms with Crippen LogP contribution >= 0.6 is 11.3 Å². The molecule has 0 amide bonds. The van der Waals surface area contributed by atoms with Crippen molar-refractivity contribution in [2.45, 2.75) is 17.3 Å². The first-order valence-electron chi connectivity index (χ1n) is 7.03. The Bertz CT molecular complexity index is 790. The van der Waals surface area contributed by atoms with Crippen molar-refractivity contribution in [3.8, 4) is 5.75 Å². The van der Waals surface area contributed by atoms with Crippen molar-refractivity contribution in [2.75, 3.05) is 30.3 Å². The lowest BCUT2D eigenvalue weighted by molar-refractivity contribution is 0.342. The van der Waals surface area contributed by atoms with Gasteiger partial charge in [-0.15, -0.1) is 10.2 Å². The maximum Gasteiger partial charge on any atom is 0.272 e. The zero-order valence-corrected chi connectivity index (χ0v) is 14.1. The maximum atomic E-state index is 12.6. The van der Waals surface area contributed by atoms with Crippen molar-refractivity contribution < 1.29 is 13.5 Å². The largest absolute Gasteiger partial charge is 0.508 e. The van der Waals surface area contributed by atoms with Crippen LogP contribution in [0.1, 0.15) is 6.92 Å². The highest BCUT2D eigenvalue weighted by molar-refractivity contribution is 7.91. The van der Waals surface area contributed by atoms with Gasteiger partial charge in [0.25, 0.3) is 10.0 Å². The van der Waals surface area contributed by atoms with E-state index in [-0.39, 0.29) is 21.3 Å². The van der Waals surface area contributed by atoms with E-state index in [4.69, 9.17) is 5.73 Å². The van der Waals surface area contributed by atoms with Crippen LogP contribution in [0.2, 0.25) is 0 Å². The molecule has 2 heterocycles. The van der Waals surface area contributed by atoms with Crippen molar-refractivity contribution in [3.05, 3.63) is 24.3 Å². The fraction of sp³-hybridized carbons (Fsp3) is 0.385. The lowest BCUT2D eigenvalue weighted by atomic mass is 10.2. The monoisotopic (exact) mass is 355 g/mol. The molecule has 8 nitrogen and oxygen atoms in total. The highest BCUT2D eigenvalue weighted by Gasteiger charge is 2.34. The van der Waals surface area contributed by atoms with E-state index < -0.39 is 10.0 Å². The number of phenolic OH excluding ortho intramolecular Hbond substituents is 1. The normalized spacial score (nSPS) is 19.9. The number of aromatic hydroxyl groups is 1. The van der Waals surface area contributed by atoms with Gasteiger partial charge in [0.1, 0.15) is 5.75 Å². The molecule has 23 heavy (non-hydrogen) atoms. The highest BCUT2D eigenvalue weighted by Crippen LogP contribution is 2.27. The third-order valence-corrected chi connectivity index (χ3v) is 6.72. The molecule has 1 fully saturated rings. The number of rotatable bonds is 3. The number of phenols is 1. The van der Waals surface area contributed by atoms with Crippen LogP contribution in [-0.4, -0.2) is 53.7 Å². The minimum Gasteiger partial charge on any atom is -0.508 e. The predicted octanol–water partition coefficient (Wildman–Crippen LogP) is 0.725. The Labute approximate surface area is 138 Å². The highest BCUT2D eigenvalue weighted by atomic mass is 32.2. The zero-order valence-electron chi connectivity index (χ0n) is 12.5. The van der Waals surface area contributed by atoms with E-state index in [2.05, 4.69) is 15.1 Å². The van der Waals surface area contributed by atoms with Gasteiger partial charge < -0.3 is 15.7 Å². The molecule has 0 spiro atoms. The van der Waals surface area contributed by atoms with E-state index in [0.29, 0.717) is 19.6 Å². The molecule has 1 aromatic heterocycles. The maximum absolute atomic E-state index is 12.6. The van der Waals surface area contributed by atoms with E-state index >= 15 is 0 Å². The van der Waals surface area contributed by atoms with Gasteiger partial charge in [-0.05, 0) is 31.2 Å². The summed E-state index contributed by atoms with van der Waals surface area (Å²) < 4.78 is 26.5.